The molecule has 1 amide bonds. The minimum atomic E-state index is -0.213. The molecular weight excluding hydrogens is 435 g/mol. The number of ether oxygens (including phenoxy) is 2. The van der Waals surface area contributed by atoms with Crippen LogP contribution in [0.15, 0.2) is 41.6 Å². The summed E-state index contributed by atoms with van der Waals surface area (Å²) >= 11 is 13.5. The van der Waals surface area contributed by atoms with Gasteiger partial charge in [-0.2, -0.15) is 0 Å². The van der Waals surface area contributed by atoms with Gasteiger partial charge in [0.2, 0.25) is 12.7 Å². The number of anilines is 1. The monoisotopic (exact) mass is 450 g/mol. The number of nitrogens with zero attached hydrogens (tertiary/aromatic N) is 3. The summed E-state index contributed by atoms with van der Waals surface area (Å²) in [7, 11) is 0. The van der Waals surface area contributed by atoms with Crippen molar-refractivity contribution >= 4 is 46.6 Å². The summed E-state index contributed by atoms with van der Waals surface area (Å²) in [6.07, 6.45) is 0. The zero-order valence-corrected chi connectivity index (χ0v) is 17.6. The Kier molecular flexibility index (Phi) is 5.84. The Bertz CT molecular complexity index is 1060. The molecule has 3 aromatic rings. The molecule has 1 N–H and O–H groups in total. The van der Waals surface area contributed by atoms with Crippen molar-refractivity contribution in [1.29, 1.82) is 0 Å². The van der Waals surface area contributed by atoms with Crippen molar-refractivity contribution < 1.29 is 14.3 Å². The Hall–Kier alpha value is -2.42. The van der Waals surface area contributed by atoms with Crippen molar-refractivity contribution in [3.63, 3.8) is 0 Å². The van der Waals surface area contributed by atoms with Crippen LogP contribution in [0.2, 0.25) is 10.0 Å². The molecule has 1 aromatic heterocycles. The van der Waals surface area contributed by atoms with Crippen molar-refractivity contribution in [3.8, 4) is 22.9 Å². The van der Waals surface area contributed by atoms with E-state index in [4.69, 9.17) is 32.7 Å². The largest absolute Gasteiger partial charge is 0.454 e. The van der Waals surface area contributed by atoms with Gasteiger partial charge in [0.1, 0.15) is 0 Å². The van der Waals surface area contributed by atoms with Crippen LogP contribution < -0.4 is 14.8 Å². The molecule has 0 spiro atoms. The molecule has 0 saturated heterocycles. The van der Waals surface area contributed by atoms with Gasteiger partial charge >= 0.3 is 0 Å². The molecule has 0 radical (unpaired) electrons. The van der Waals surface area contributed by atoms with Crippen LogP contribution >= 0.6 is 35.0 Å². The quantitative estimate of drug-likeness (QED) is 0.546. The molecular formula is C19H16Cl2N4O3S. The number of halogens is 2. The van der Waals surface area contributed by atoms with E-state index in [1.165, 1.54) is 11.8 Å². The van der Waals surface area contributed by atoms with Gasteiger partial charge in [-0.05, 0) is 31.2 Å². The number of fused-ring (bicyclic) bond motifs is 1. The highest BCUT2D eigenvalue weighted by atomic mass is 35.5. The van der Waals surface area contributed by atoms with Crippen LogP contribution in [-0.2, 0) is 11.3 Å². The van der Waals surface area contributed by atoms with Gasteiger partial charge in [0.25, 0.3) is 0 Å². The summed E-state index contributed by atoms with van der Waals surface area (Å²) in [5.41, 5.74) is 1.38. The van der Waals surface area contributed by atoms with Gasteiger partial charge in [0.15, 0.2) is 22.5 Å². The number of hydrogen-bond acceptors (Lipinski definition) is 6. The highest BCUT2D eigenvalue weighted by molar-refractivity contribution is 7.99. The van der Waals surface area contributed by atoms with Crippen molar-refractivity contribution in [2.45, 2.75) is 18.6 Å². The van der Waals surface area contributed by atoms with Crippen molar-refractivity contribution in [3.05, 3.63) is 46.4 Å². The Balaban J connectivity index is 1.44. The molecule has 0 unspecified atom stereocenters. The van der Waals surface area contributed by atoms with E-state index in [1.54, 1.807) is 24.3 Å². The molecule has 1 aliphatic heterocycles. The van der Waals surface area contributed by atoms with Crippen LogP contribution in [0.25, 0.3) is 11.4 Å². The van der Waals surface area contributed by atoms with E-state index in [1.807, 2.05) is 23.6 Å². The molecule has 29 heavy (non-hydrogen) atoms. The minimum Gasteiger partial charge on any atom is -0.454 e. The Morgan fingerprint density at radius 3 is 2.62 bits per heavy atom. The Morgan fingerprint density at radius 1 is 1.17 bits per heavy atom. The lowest BCUT2D eigenvalue weighted by Crippen LogP contribution is -2.15. The maximum atomic E-state index is 12.4. The van der Waals surface area contributed by atoms with Crippen LogP contribution in [-0.4, -0.2) is 33.2 Å². The topological polar surface area (TPSA) is 78.3 Å². The number of amides is 1. The van der Waals surface area contributed by atoms with E-state index >= 15 is 0 Å². The van der Waals surface area contributed by atoms with E-state index in [2.05, 4.69) is 15.5 Å². The predicted molar refractivity (Wildman–Crippen MR) is 113 cm³/mol. The second kappa shape index (κ2) is 8.52. The average Bonchev–Trinajstić information content (AvgIpc) is 3.33. The minimum absolute atomic E-state index is 0.140. The lowest BCUT2D eigenvalue weighted by atomic mass is 10.2. The van der Waals surface area contributed by atoms with Gasteiger partial charge in [-0.15, -0.1) is 10.2 Å². The van der Waals surface area contributed by atoms with Gasteiger partial charge in [-0.3, -0.25) is 4.79 Å². The van der Waals surface area contributed by atoms with Gasteiger partial charge < -0.3 is 19.4 Å². The molecule has 150 valence electrons. The zero-order valence-electron chi connectivity index (χ0n) is 15.3. The molecule has 1 aliphatic rings. The fraction of sp³-hybridized carbons (Fsp3) is 0.211. The number of rotatable bonds is 6. The molecule has 10 heteroatoms. The Morgan fingerprint density at radius 2 is 1.90 bits per heavy atom. The second-order valence-corrected chi connectivity index (χ2v) is 7.87. The number of carbonyl (C=O) groups excluding carboxylic acids is 1. The summed E-state index contributed by atoms with van der Waals surface area (Å²) in [6.45, 7) is 2.81. The van der Waals surface area contributed by atoms with E-state index in [0.717, 1.165) is 11.4 Å². The first-order valence-electron chi connectivity index (χ1n) is 8.76. The molecule has 0 saturated carbocycles. The highest BCUT2D eigenvalue weighted by Crippen LogP contribution is 2.39. The standard InChI is InChI=1S/C19H16Cl2N4O3S/c1-2-25-18(11-3-5-12(20)6-4-11)23-24-19(25)29-9-17(26)22-14-8-16-15(7-13(14)21)27-10-28-16/h3-8H,2,9-10H2,1H3,(H,22,26). The van der Waals surface area contributed by atoms with Gasteiger partial charge in [0, 0.05) is 29.3 Å². The number of benzene rings is 2. The van der Waals surface area contributed by atoms with Crippen molar-refractivity contribution in [2.75, 3.05) is 17.9 Å². The lowest BCUT2D eigenvalue weighted by Gasteiger charge is -2.09. The van der Waals surface area contributed by atoms with E-state index < -0.39 is 0 Å². The highest BCUT2D eigenvalue weighted by Gasteiger charge is 2.19. The summed E-state index contributed by atoms with van der Waals surface area (Å²) in [5.74, 6) is 1.79. The third kappa shape index (κ3) is 4.29. The molecule has 4 rings (SSSR count). The Labute approximate surface area is 181 Å². The van der Waals surface area contributed by atoms with Crippen LogP contribution in [0.3, 0.4) is 0 Å². The van der Waals surface area contributed by atoms with Crippen molar-refractivity contribution in [2.24, 2.45) is 0 Å². The normalized spacial score (nSPS) is 12.2. The molecule has 0 atom stereocenters. The first-order chi connectivity index (χ1) is 14.0. The lowest BCUT2D eigenvalue weighted by molar-refractivity contribution is -0.113. The van der Waals surface area contributed by atoms with Crippen LogP contribution in [0.5, 0.6) is 11.5 Å². The fourth-order valence-electron chi connectivity index (χ4n) is 2.82. The summed E-state index contributed by atoms with van der Waals surface area (Å²) in [5, 5.41) is 13.0. The predicted octanol–water partition coefficient (Wildman–Crippen LogP) is 4.73. The van der Waals surface area contributed by atoms with Crippen molar-refractivity contribution in [1.82, 2.24) is 14.8 Å². The second-order valence-electron chi connectivity index (χ2n) is 6.08. The average molecular weight is 451 g/mol. The maximum absolute atomic E-state index is 12.4. The number of hydrogen-bond donors (Lipinski definition) is 1. The third-order valence-electron chi connectivity index (χ3n) is 4.20. The summed E-state index contributed by atoms with van der Waals surface area (Å²) in [6, 6.07) is 10.7. The number of thioether (sulfide) groups is 1. The first kappa shape index (κ1) is 19.9. The van der Waals surface area contributed by atoms with Crippen LogP contribution in [0.4, 0.5) is 5.69 Å². The van der Waals surface area contributed by atoms with Gasteiger partial charge in [0.05, 0.1) is 16.5 Å². The smallest absolute Gasteiger partial charge is 0.234 e. The van der Waals surface area contributed by atoms with E-state index in [0.29, 0.717) is 38.9 Å². The molecule has 2 heterocycles. The molecule has 2 aromatic carbocycles. The number of carbonyl (C=O) groups is 1. The maximum Gasteiger partial charge on any atom is 0.234 e. The van der Waals surface area contributed by atoms with Crippen LogP contribution in [0.1, 0.15) is 6.92 Å². The first-order valence-corrected chi connectivity index (χ1v) is 10.5. The summed E-state index contributed by atoms with van der Waals surface area (Å²) < 4.78 is 12.5. The summed E-state index contributed by atoms with van der Waals surface area (Å²) in [4.78, 5) is 12.4. The molecule has 0 aliphatic carbocycles. The van der Waals surface area contributed by atoms with E-state index in [9.17, 15) is 4.79 Å². The van der Waals surface area contributed by atoms with Gasteiger partial charge in [-0.1, -0.05) is 35.0 Å². The molecule has 7 nitrogen and oxygen atoms in total. The zero-order chi connectivity index (χ0) is 20.4. The van der Waals surface area contributed by atoms with Crippen LogP contribution in [0, 0.1) is 0 Å². The molecule has 0 bridgehead atoms. The van der Waals surface area contributed by atoms with E-state index in [-0.39, 0.29) is 18.5 Å². The number of aromatic nitrogens is 3. The fourth-order valence-corrected chi connectivity index (χ4v) is 3.95. The SMILES string of the molecule is CCn1c(SCC(=O)Nc2cc3c(cc2Cl)OCO3)nnc1-c1ccc(Cl)cc1. The molecule has 0 fully saturated rings. The van der Waals surface area contributed by atoms with Gasteiger partial charge in [-0.25, -0.2) is 0 Å². The third-order valence-corrected chi connectivity index (χ3v) is 5.74. The number of nitrogens with one attached hydrogen (secondary N) is 1.